The fourth-order valence-corrected chi connectivity index (χ4v) is 7.27. The summed E-state index contributed by atoms with van der Waals surface area (Å²) in [6.07, 6.45) is 2.59. The van der Waals surface area contributed by atoms with Gasteiger partial charge in [-0.05, 0) is 105 Å². The molecule has 4 saturated heterocycles. The highest BCUT2D eigenvalue weighted by Gasteiger charge is 2.52. The number of hydrogen-bond donors (Lipinski definition) is 0. The number of nitrogens with zero attached hydrogens (tertiary/aromatic N) is 8. The van der Waals surface area contributed by atoms with Crippen LogP contribution >= 0.6 is 0 Å². The van der Waals surface area contributed by atoms with Crippen LogP contribution in [0.2, 0.25) is 0 Å². The van der Waals surface area contributed by atoms with Crippen LogP contribution in [0.4, 0.5) is 0 Å². The SMILES string of the molecule is CC1C(C)N(C)C2C(C(C)N(C)C(C)N2C)N1C.CC1C2C(N(C)C(C)N1C)N(C)C(C)N2C. The second kappa shape index (κ2) is 10.2. The van der Waals surface area contributed by atoms with E-state index < -0.39 is 0 Å². The molecular formula is C26H56N8. The van der Waals surface area contributed by atoms with Crippen molar-refractivity contribution in [2.75, 3.05) is 56.4 Å². The van der Waals surface area contributed by atoms with Crippen LogP contribution in [-0.4, -0.2) is 163 Å². The normalized spacial score (nSPS) is 49.0. The minimum Gasteiger partial charge on any atom is -0.295 e. The molecule has 0 N–H and O–H groups in total. The van der Waals surface area contributed by atoms with Gasteiger partial charge in [0.05, 0.1) is 42.9 Å². The van der Waals surface area contributed by atoms with E-state index >= 15 is 0 Å². The average molecular weight is 481 g/mol. The minimum absolute atomic E-state index is 0.498. The Morgan fingerprint density at radius 3 is 1.00 bits per heavy atom. The molecule has 0 aromatic carbocycles. The second-order valence-electron chi connectivity index (χ2n) is 12.0. The Hall–Kier alpha value is -0.320. The van der Waals surface area contributed by atoms with Crippen LogP contribution in [0.15, 0.2) is 0 Å². The van der Waals surface area contributed by atoms with Gasteiger partial charge in [0, 0.05) is 24.2 Å². The summed E-state index contributed by atoms with van der Waals surface area (Å²) in [4.78, 5) is 20.1. The number of likely N-dealkylation sites (N-methyl/N-ethyl adjacent to an activating group) is 8. The second-order valence-corrected chi connectivity index (χ2v) is 12.0. The van der Waals surface area contributed by atoms with Gasteiger partial charge in [-0.2, -0.15) is 0 Å². The monoisotopic (exact) mass is 480 g/mol. The Labute approximate surface area is 211 Å². The smallest absolute Gasteiger partial charge is 0.0818 e. The van der Waals surface area contributed by atoms with Crippen LogP contribution < -0.4 is 0 Å². The van der Waals surface area contributed by atoms with E-state index in [1.54, 1.807) is 0 Å². The first-order valence-electron chi connectivity index (χ1n) is 13.4. The predicted octanol–water partition coefficient (Wildman–Crippen LogP) is 1.46. The van der Waals surface area contributed by atoms with Crippen molar-refractivity contribution in [2.45, 2.75) is 116 Å². The van der Waals surface area contributed by atoms with Crippen LogP contribution in [0.5, 0.6) is 0 Å². The third-order valence-electron chi connectivity index (χ3n) is 11.0. The van der Waals surface area contributed by atoms with Crippen LogP contribution in [0.25, 0.3) is 0 Å². The average Bonchev–Trinajstić information content (AvgIpc) is 3.03. The first-order chi connectivity index (χ1) is 15.7. The van der Waals surface area contributed by atoms with Crippen molar-refractivity contribution in [2.24, 2.45) is 0 Å². The summed E-state index contributed by atoms with van der Waals surface area (Å²) in [5.74, 6) is 0. The van der Waals surface area contributed by atoms with Crippen LogP contribution in [0, 0.1) is 0 Å². The Morgan fingerprint density at radius 1 is 0.294 bits per heavy atom. The molecule has 8 nitrogen and oxygen atoms in total. The van der Waals surface area contributed by atoms with Crippen LogP contribution in [-0.2, 0) is 0 Å². The van der Waals surface area contributed by atoms with Crippen molar-refractivity contribution in [3.8, 4) is 0 Å². The fraction of sp³-hybridized carbons (Fsp3) is 1.00. The lowest BCUT2D eigenvalue weighted by atomic mass is 9.90. The Kier molecular flexibility index (Phi) is 8.48. The predicted molar refractivity (Wildman–Crippen MR) is 143 cm³/mol. The van der Waals surface area contributed by atoms with E-state index in [4.69, 9.17) is 0 Å². The van der Waals surface area contributed by atoms with E-state index in [0.717, 1.165) is 0 Å². The standard InChI is InChI=1S/C14H30N4.C12H26N4/c1-9-10(2)17(7)14-13(16(9)6)11(3)15(5)12(4)18(14)8;1-8-11-12(15(6)9(2)13(8)4)16(7)10(3)14(11)5/h9-14H,1-8H3;8-12H,1-7H3. The first kappa shape index (κ1) is 28.3. The lowest BCUT2D eigenvalue weighted by molar-refractivity contribution is -0.173. The molecule has 11 atom stereocenters. The maximum Gasteiger partial charge on any atom is 0.0818 e. The molecule has 200 valence electrons. The van der Waals surface area contributed by atoms with Gasteiger partial charge in [0.1, 0.15) is 0 Å². The molecule has 0 amide bonds. The summed E-state index contributed by atoms with van der Waals surface area (Å²) in [7, 11) is 18.1. The summed E-state index contributed by atoms with van der Waals surface area (Å²) in [6, 6.07) is 3.58. The van der Waals surface area contributed by atoms with E-state index in [9.17, 15) is 0 Å². The first-order valence-corrected chi connectivity index (χ1v) is 13.4. The van der Waals surface area contributed by atoms with Crippen molar-refractivity contribution in [3.63, 3.8) is 0 Å². The molecule has 0 radical (unpaired) electrons. The molecule has 0 aliphatic carbocycles. The highest BCUT2D eigenvalue weighted by molar-refractivity contribution is 5.04. The van der Waals surface area contributed by atoms with Gasteiger partial charge in [-0.25, -0.2) is 0 Å². The van der Waals surface area contributed by atoms with Crippen molar-refractivity contribution in [1.29, 1.82) is 0 Å². The van der Waals surface area contributed by atoms with Crippen molar-refractivity contribution in [3.05, 3.63) is 0 Å². The molecule has 34 heavy (non-hydrogen) atoms. The fourth-order valence-electron chi connectivity index (χ4n) is 7.27. The molecule has 4 heterocycles. The van der Waals surface area contributed by atoms with Gasteiger partial charge in [0.25, 0.3) is 0 Å². The summed E-state index contributed by atoms with van der Waals surface area (Å²) in [5, 5.41) is 0. The largest absolute Gasteiger partial charge is 0.295 e. The maximum absolute atomic E-state index is 2.58. The van der Waals surface area contributed by atoms with Crippen molar-refractivity contribution < 1.29 is 0 Å². The Bertz CT molecular complexity index is 608. The van der Waals surface area contributed by atoms with E-state index in [0.29, 0.717) is 67.1 Å². The maximum atomic E-state index is 2.58. The van der Waals surface area contributed by atoms with E-state index in [-0.39, 0.29) is 0 Å². The van der Waals surface area contributed by atoms with E-state index in [1.165, 1.54) is 0 Å². The molecule has 0 aromatic rings. The van der Waals surface area contributed by atoms with Gasteiger partial charge in [0.2, 0.25) is 0 Å². The molecule has 4 rings (SSSR count). The van der Waals surface area contributed by atoms with Gasteiger partial charge in [-0.15, -0.1) is 0 Å². The van der Waals surface area contributed by atoms with E-state index in [2.05, 4.69) is 144 Å². The quantitative estimate of drug-likeness (QED) is 0.514. The zero-order valence-corrected chi connectivity index (χ0v) is 24.9. The Balaban J connectivity index is 0.000000192. The zero-order chi connectivity index (χ0) is 26.0. The van der Waals surface area contributed by atoms with Gasteiger partial charge in [-0.3, -0.25) is 39.2 Å². The minimum atomic E-state index is 0.498. The molecule has 0 saturated carbocycles. The Morgan fingerprint density at radius 2 is 0.588 bits per heavy atom. The van der Waals surface area contributed by atoms with E-state index in [1.807, 2.05) is 0 Å². The van der Waals surface area contributed by atoms with Crippen LogP contribution in [0.1, 0.15) is 48.5 Å². The third-order valence-corrected chi connectivity index (χ3v) is 11.0. The molecule has 4 aliphatic heterocycles. The zero-order valence-electron chi connectivity index (χ0n) is 24.9. The number of hydrogen-bond acceptors (Lipinski definition) is 8. The molecule has 0 spiro atoms. The number of fused-ring (bicyclic) bond motifs is 2. The third kappa shape index (κ3) is 4.26. The molecule has 11 unspecified atom stereocenters. The summed E-state index contributed by atoms with van der Waals surface area (Å²) in [5.41, 5.74) is 0. The summed E-state index contributed by atoms with van der Waals surface area (Å²) < 4.78 is 0. The highest BCUT2D eigenvalue weighted by Crippen LogP contribution is 2.35. The topological polar surface area (TPSA) is 25.9 Å². The molecular weight excluding hydrogens is 424 g/mol. The van der Waals surface area contributed by atoms with Gasteiger partial charge in [-0.1, -0.05) is 0 Å². The van der Waals surface area contributed by atoms with Crippen molar-refractivity contribution >= 4 is 0 Å². The molecule has 0 bridgehead atoms. The van der Waals surface area contributed by atoms with Gasteiger partial charge >= 0.3 is 0 Å². The lowest BCUT2D eigenvalue weighted by Gasteiger charge is -2.62. The van der Waals surface area contributed by atoms with Crippen molar-refractivity contribution in [1.82, 2.24) is 39.2 Å². The molecule has 4 aliphatic rings. The van der Waals surface area contributed by atoms with Gasteiger partial charge in [0.15, 0.2) is 0 Å². The van der Waals surface area contributed by atoms with Gasteiger partial charge < -0.3 is 0 Å². The highest BCUT2D eigenvalue weighted by atomic mass is 15.6. The molecule has 0 aromatic heterocycles. The summed E-state index contributed by atoms with van der Waals surface area (Å²) in [6.45, 7) is 16.3. The number of piperazine rings is 1. The summed E-state index contributed by atoms with van der Waals surface area (Å²) >= 11 is 0. The lowest BCUT2D eigenvalue weighted by Crippen LogP contribution is -2.78. The molecule has 8 heteroatoms. The molecule has 4 fully saturated rings. The number of rotatable bonds is 0. The van der Waals surface area contributed by atoms with Crippen LogP contribution in [0.3, 0.4) is 0 Å².